The number of aryl methyl sites for hydroxylation is 1. The molecule has 1 aromatic rings. The summed E-state index contributed by atoms with van der Waals surface area (Å²) in [4.78, 5) is 14.8. The third kappa shape index (κ3) is 4.46. The summed E-state index contributed by atoms with van der Waals surface area (Å²) in [7, 11) is 0. The molecule has 1 unspecified atom stereocenters. The number of likely N-dealkylation sites (tertiary alicyclic amines) is 1. The third-order valence-electron chi connectivity index (χ3n) is 3.96. The minimum Gasteiger partial charge on any atom is -0.385 e. The van der Waals surface area contributed by atoms with Gasteiger partial charge in [-0.05, 0) is 70.5 Å². The number of anilines is 1. The molecule has 1 heterocycles. The lowest BCUT2D eigenvalue weighted by atomic mass is 10.1. The lowest BCUT2D eigenvalue weighted by Crippen LogP contribution is -2.41. The van der Waals surface area contributed by atoms with Gasteiger partial charge in [0, 0.05) is 30.4 Å². The summed E-state index contributed by atoms with van der Waals surface area (Å²) in [6, 6.07) is 6.09. The molecule has 1 amide bonds. The van der Waals surface area contributed by atoms with Crippen LogP contribution in [0.1, 0.15) is 42.6 Å². The molecule has 1 saturated heterocycles. The average Bonchev–Trinajstić information content (AvgIpc) is 2.91. The van der Waals surface area contributed by atoms with Gasteiger partial charge in [0.05, 0.1) is 0 Å². The number of carbonyl (C=O) groups is 1. The molecule has 0 spiro atoms. The van der Waals surface area contributed by atoms with Crippen LogP contribution in [-0.2, 0) is 0 Å². The number of nitrogens with one attached hydrogen (secondary N) is 2. The van der Waals surface area contributed by atoms with Gasteiger partial charge in [-0.25, -0.2) is 0 Å². The fourth-order valence-electron chi connectivity index (χ4n) is 2.93. The van der Waals surface area contributed by atoms with Crippen molar-refractivity contribution in [3.63, 3.8) is 0 Å². The quantitative estimate of drug-likeness (QED) is 0.846. The first kappa shape index (κ1) is 15.8. The number of rotatable bonds is 6. The van der Waals surface area contributed by atoms with E-state index in [-0.39, 0.29) is 11.9 Å². The Bertz CT molecular complexity index is 481. The highest BCUT2D eigenvalue weighted by atomic mass is 16.1. The zero-order valence-electron chi connectivity index (χ0n) is 13.4. The first-order valence-corrected chi connectivity index (χ1v) is 7.98. The van der Waals surface area contributed by atoms with E-state index in [0.29, 0.717) is 0 Å². The van der Waals surface area contributed by atoms with Gasteiger partial charge in [0.1, 0.15) is 0 Å². The summed E-state index contributed by atoms with van der Waals surface area (Å²) < 4.78 is 0. The molecule has 2 rings (SSSR count). The maximum Gasteiger partial charge on any atom is 0.251 e. The van der Waals surface area contributed by atoms with E-state index in [9.17, 15) is 4.79 Å². The van der Waals surface area contributed by atoms with E-state index in [1.54, 1.807) is 0 Å². The van der Waals surface area contributed by atoms with Crippen molar-refractivity contribution in [1.29, 1.82) is 0 Å². The minimum absolute atomic E-state index is 0.0299. The van der Waals surface area contributed by atoms with Crippen LogP contribution in [0.5, 0.6) is 0 Å². The first-order chi connectivity index (χ1) is 10.1. The number of nitrogens with zero attached hydrogens (tertiary/aromatic N) is 1. The van der Waals surface area contributed by atoms with Crippen LogP contribution < -0.4 is 10.6 Å². The van der Waals surface area contributed by atoms with E-state index in [1.807, 2.05) is 25.1 Å². The van der Waals surface area contributed by atoms with Gasteiger partial charge >= 0.3 is 0 Å². The molecule has 21 heavy (non-hydrogen) atoms. The first-order valence-electron chi connectivity index (χ1n) is 7.98. The second kappa shape index (κ2) is 7.46. The van der Waals surface area contributed by atoms with E-state index in [4.69, 9.17) is 0 Å². The van der Waals surface area contributed by atoms with E-state index in [0.717, 1.165) is 43.0 Å². The topological polar surface area (TPSA) is 44.4 Å². The van der Waals surface area contributed by atoms with Crippen LogP contribution in [0.2, 0.25) is 0 Å². The summed E-state index contributed by atoms with van der Waals surface area (Å²) in [5.41, 5.74) is 2.85. The van der Waals surface area contributed by atoms with Crippen LogP contribution in [0, 0.1) is 6.92 Å². The molecule has 116 valence electrons. The van der Waals surface area contributed by atoms with E-state index in [1.165, 1.54) is 12.8 Å². The van der Waals surface area contributed by atoms with Gasteiger partial charge in [0.2, 0.25) is 0 Å². The molecule has 0 aromatic heterocycles. The van der Waals surface area contributed by atoms with Crippen LogP contribution in [0.4, 0.5) is 5.69 Å². The Balaban J connectivity index is 1.92. The van der Waals surface area contributed by atoms with Crippen molar-refractivity contribution in [2.45, 2.75) is 39.7 Å². The molecule has 0 aliphatic carbocycles. The fourth-order valence-corrected chi connectivity index (χ4v) is 2.93. The monoisotopic (exact) mass is 289 g/mol. The molecule has 4 heteroatoms. The largest absolute Gasteiger partial charge is 0.385 e. The zero-order valence-corrected chi connectivity index (χ0v) is 13.4. The molecule has 0 saturated carbocycles. The predicted octanol–water partition coefficient (Wildman–Crippen LogP) is 2.64. The van der Waals surface area contributed by atoms with Gasteiger partial charge in [0.15, 0.2) is 0 Å². The Morgan fingerprint density at radius 1 is 1.33 bits per heavy atom. The molecule has 0 bridgehead atoms. The second-order valence-corrected chi connectivity index (χ2v) is 5.94. The van der Waals surface area contributed by atoms with Gasteiger partial charge in [-0.3, -0.25) is 4.79 Å². The van der Waals surface area contributed by atoms with Crippen LogP contribution >= 0.6 is 0 Å². The Kier molecular flexibility index (Phi) is 5.62. The molecule has 1 fully saturated rings. The molecule has 2 N–H and O–H groups in total. The zero-order chi connectivity index (χ0) is 15.2. The summed E-state index contributed by atoms with van der Waals surface area (Å²) in [6.07, 6.45) is 2.57. The van der Waals surface area contributed by atoms with Crippen LogP contribution in [0.15, 0.2) is 18.2 Å². The number of benzene rings is 1. The minimum atomic E-state index is 0.0299. The highest BCUT2D eigenvalue weighted by Crippen LogP contribution is 2.15. The maximum absolute atomic E-state index is 12.4. The number of amides is 1. The standard InChI is InChI=1S/C17H27N3O/c1-4-18-15-7-8-16(13(2)11-15)17(21)19-14(3)12-20-9-5-6-10-20/h7-8,11,14,18H,4-6,9-10,12H2,1-3H3,(H,19,21). The molecular formula is C17H27N3O. The number of carbonyl (C=O) groups excluding carboxylic acids is 1. The average molecular weight is 289 g/mol. The normalized spacial score (nSPS) is 16.7. The molecule has 0 radical (unpaired) electrons. The van der Waals surface area contributed by atoms with Crippen LogP contribution in [-0.4, -0.2) is 43.0 Å². The van der Waals surface area contributed by atoms with Crippen molar-refractivity contribution < 1.29 is 4.79 Å². The smallest absolute Gasteiger partial charge is 0.251 e. The molecule has 1 aliphatic heterocycles. The lowest BCUT2D eigenvalue weighted by molar-refractivity contribution is 0.0931. The highest BCUT2D eigenvalue weighted by molar-refractivity contribution is 5.96. The van der Waals surface area contributed by atoms with Gasteiger partial charge < -0.3 is 15.5 Å². The molecule has 1 aromatic carbocycles. The Labute approximate surface area is 127 Å². The van der Waals surface area contributed by atoms with Crippen molar-refractivity contribution in [2.24, 2.45) is 0 Å². The summed E-state index contributed by atoms with van der Waals surface area (Å²) in [5.74, 6) is 0.0299. The Morgan fingerprint density at radius 2 is 2.05 bits per heavy atom. The van der Waals surface area contributed by atoms with E-state index < -0.39 is 0 Å². The Hall–Kier alpha value is -1.55. The van der Waals surface area contributed by atoms with E-state index >= 15 is 0 Å². The lowest BCUT2D eigenvalue weighted by Gasteiger charge is -2.21. The maximum atomic E-state index is 12.4. The van der Waals surface area contributed by atoms with Gasteiger partial charge in [0.25, 0.3) is 5.91 Å². The van der Waals surface area contributed by atoms with Crippen molar-refractivity contribution in [3.05, 3.63) is 29.3 Å². The highest BCUT2D eigenvalue weighted by Gasteiger charge is 2.17. The second-order valence-electron chi connectivity index (χ2n) is 5.94. The van der Waals surface area contributed by atoms with Crippen molar-refractivity contribution >= 4 is 11.6 Å². The summed E-state index contributed by atoms with van der Waals surface area (Å²) in [6.45, 7) is 10.3. The molecule has 1 aliphatic rings. The fraction of sp³-hybridized carbons (Fsp3) is 0.588. The third-order valence-corrected chi connectivity index (χ3v) is 3.96. The van der Waals surface area contributed by atoms with Gasteiger partial charge in [-0.2, -0.15) is 0 Å². The SMILES string of the molecule is CCNc1ccc(C(=O)NC(C)CN2CCCC2)c(C)c1. The summed E-state index contributed by atoms with van der Waals surface area (Å²) >= 11 is 0. The molecule has 4 nitrogen and oxygen atoms in total. The molecule has 1 atom stereocenters. The van der Waals surface area contributed by atoms with Crippen molar-refractivity contribution in [2.75, 3.05) is 31.5 Å². The van der Waals surface area contributed by atoms with Crippen molar-refractivity contribution in [1.82, 2.24) is 10.2 Å². The van der Waals surface area contributed by atoms with Gasteiger partial charge in [-0.1, -0.05) is 0 Å². The van der Waals surface area contributed by atoms with Crippen LogP contribution in [0.3, 0.4) is 0 Å². The van der Waals surface area contributed by atoms with Gasteiger partial charge in [-0.15, -0.1) is 0 Å². The molecular weight excluding hydrogens is 262 g/mol. The Morgan fingerprint density at radius 3 is 2.67 bits per heavy atom. The predicted molar refractivity (Wildman–Crippen MR) is 87.9 cm³/mol. The number of hydrogen-bond acceptors (Lipinski definition) is 3. The summed E-state index contributed by atoms with van der Waals surface area (Å²) in [5, 5.41) is 6.38. The van der Waals surface area contributed by atoms with Crippen LogP contribution in [0.25, 0.3) is 0 Å². The number of hydrogen-bond donors (Lipinski definition) is 2. The van der Waals surface area contributed by atoms with E-state index in [2.05, 4.69) is 29.4 Å². The van der Waals surface area contributed by atoms with Crippen molar-refractivity contribution in [3.8, 4) is 0 Å².